The summed E-state index contributed by atoms with van der Waals surface area (Å²) in [6.45, 7) is 0. The fraction of sp³-hybridized carbons (Fsp3) is 0.500. The van der Waals surface area contributed by atoms with Gasteiger partial charge in [0.15, 0.2) is 0 Å². The summed E-state index contributed by atoms with van der Waals surface area (Å²) in [5, 5.41) is 9.77. The molecule has 0 aliphatic carbocycles. The van der Waals surface area contributed by atoms with Gasteiger partial charge in [-0.25, -0.2) is 0 Å². The Balaban J connectivity index is 2.38. The van der Waals surface area contributed by atoms with Crippen molar-refractivity contribution in [3.63, 3.8) is 0 Å². The quantitative estimate of drug-likeness (QED) is 0.774. The molecule has 2 nitrogen and oxygen atoms in total. The van der Waals surface area contributed by atoms with Crippen molar-refractivity contribution in [3.05, 3.63) is 35.9 Å². The van der Waals surface area contributed by atoms with Gasteiger partial charge in [-0.2, -0.15) is 11.8 Å². The van der Waals surface area contributed by atoms with E-state index in [1.807, 2.05) is 36.6 Å². The standard InChI is InChI=1S/C12H19NOS/c1-15-8-7-12(14)11(13)9-10-5-3-2-4-6-10/h2-6,11-12,14H,7-9,13H2,1H3. The molecule has 0 spiro atoms. The summed E-state index contributed by atoms with van der Waals surface area (Å²) in [5.41, 5.74) is 7.12. The number of hydrogen-bond acceptors (Lipinski definition) is 3. The molecule has 1 aromatic carbocycles. The Hall–Kier alpha value is -0.510. The van der Waals surface area contributed by atoms with Crippen LogP contribution in [0.3, 0.4) is 0 Å². The van der Waals surface area contributed by atoms with Gasteiger partial charge in [0.2, 0.25) is 0 Å². The number of hydrogen-bond donors (Lipinski definition) is 2. The van der Waals surface area contributed by atoms with Gasteiger partial charge < -0.3 is 10.8 Å². The van der Waals surface area contributed by atoms with Crippen molar-refractivity contribution in [2.75, 3.05) is 12.0 Å². The Labute approximate surface area is 95.9 Å². The Morgan fingerprint density at radius 1 is 1.33 bits per heavy atom. The molecule has 0 fully saturated rings. The number of nitrogens with two attached hydrogens (primary N) is 1. The molecule has 1 aromatic rings. The van der Waals surface area contributed by atoms with E-state index in [9.17, 15) is 5.11 Å². The summed E-state index contributed by atoms with van der Waals surface area (Å²) >= 11 is 1.74. The maximum absolute atomic E-state index is 9.77. The first kappa shape index (κ1) is 12.6. The highest BCUT2D eigenvalue weighted by atomic mass is 32.2. The van der Waals surface area contributed by atoms with E-state index in [4.69, 9.17) is 5.73 Å². The normalized spacial score (nSPS) is 14.9. The Kier molecular flexibility index (Phi) is 5.76. The van der Waals surface area contributed by atoms with Crippen LogP contribution in [0.2, 0.25) is 0 Å². The summed E-state index contributed by atoms with van der Waals surface area (Å²) in [6.07, 6.45) is 3.17. The SMILES string of the molecule is CSCCC(O)C(N)Cc1ccccc1. The van der Waals surface area contributed by atoms with Gasteiger partial charge in [-0.1, -0.05) is 30.3 Å². The summed E-state index contributed by atoms with van der Waals surface area (Å²) < 4.78 is 0. The molecule has 0 bridgehead atoms. The van der Waals surface area contributed by atoms with Crippen LogP contribution in [0.4, 0.5) is 0 Å². The second kappa shape index (κ2) is 6.88. The highest BCUT2D eigenvalue weighted by molar-refractivity contribution is 7.98. The minimum absolute atomic E-state index is 0.153. The molecule has 0 radical (unpaired) electrons. The van der Waals surface area contributed by atoms with Crippen molar-refractivity contribution in [2.45, 2.75) is 25.0 Å². The van der Waals surface area contributed by atoms with E-state index in [2.05, 4.69) is 0 Å². The molecule has 0 aliphatic rings. The molecule has 0 heterocycles. The van der Waals surface area contributed by atoms with Gasteiger partial charge in [-0.15, -0.1) is 0 Å². The first-order valence-corrected chi connectivity index (χ1v) is 6.60. The third-order valence-electron chi connectivity index (χ3n) is 2.43. The highest BCUT2D eigenvalue weighted by Gasteiger charge is 2.14. The van der Waals surface area contributed by atoms with Crippen molar-refractivity contribution in [2.24, 2.45) is 5.73 Å². The minimum atomic E-state index is -0.391. The zero-order valence-electron chi connectivity index (χ0n) is 9.10. The molecule has 15 heavy (non-hydrogen) atoms. The predicted molar refractivity (Wildman–Crippen MR) is 67.1 cm³/mol. The van der Waals surface area contributed by atoms with Crippen LogP contribution in [0.15, 0.2) is 30.3 Å². The van der Waals surface area contributed by atoms with Gasteiger partial charge in [-0.05, 0) is 30.4 Å². The molecule has 0 aromatic heterocycles. The Morgan fingerprint density at radius 3 is 2.60 bits per heavy atom. The average Bonchev–Trinajstić information content (AvgIpc) is 2.27. The number of aliphatic hydroxyl groups excluding tert-OH is 1. The Morgan fingerprint density at radius 2 is 2.00 bits per heavy atom. The first-order valence-electron chi connectivity index (χ1n) is 5.20. The summed E-state index contributed by atoms with van der Waals surface area (Å²) in [6, 6.07) is 9.91. The lowest BCUT2D eigenvalue weighted by Crippen LogP contribution is -2.36. The van der Waals surface area contributed by atoms with E-state index >= 15 is 0 Å². The average molecular weight is 225 g/mol. The van der Waals surface area contributed by atoms with Gasteiger partial charge >= 0.3 is 0 Å². The van der Waals surface area contributed by atoms with Gasteiger partial charge in [0.05, 0.1) is 6.10 Å². The van der Waals surface area contributed by atoms with E-state index < -0.39 is 6.10 Å². The molecule has 0 amide bonds. The van der Waals surface area contributed by atoms with Crippen LogP contribution >= 0.6 is 11.8 Å². The van der Waals surface area contributed by atoms with E-state index in [1.165, 1.54) is 5.56 Å². The molecule has 84 valence electrons. The van der Waals surface area contributed by atoms with Crippen molar-refractivity contribution >= 4 is 11.8 Å². The predicted octanol–water partition coefficient (Wildman–Crippen LogP) is 1.67. The maximum Gasteiger partial charge on any atom is 0.0702 e. The van der Waals surface area contributed by atoms with Crippen molar-refractivity contribution in [1.29, 1.82) is 0 Å². The molecular formula is C12H19NOS. The fourth-order valence-corrected chi connectivity index (χ4v) is 1.95. The van der Waals surface area contributed by atoms with Gasteiger partial charge in [-0.3, -0.25) is 0 Å². The summed E-state index contributed by atoms with van der Waals surface area (Å²) in [4.78, 5) is 0. The van der Waals surface area contributed by atoms with Crippen LogP contribution < -0.4 is 5.73 Å². The minimum Gasteiger partial charge on any atom is -0.391 e. The lowest BCUT2D eigenvalue weighted by Gasteiger charge is -2.18. The second-order valence-electron chi connectivity index (χ2n) is 3.70. The number of aliphatic hydroxyl groups is 1. The van der Waals surface area contributed by atoms with Crippen LogP contribution in [-0.2, 0) is 6.42 Å². The third kappa shape index (κ3) is 4.69. The van der Waals surface area contributed by atoms with Crippen LogP contribution in [0.25, 0.3) is 0 Å². The first-order chi connectivity index (χ1) is 7.24. The molecule has 2 unspecified atom stereocenters. The van der Waals surface area contributed by atoms with Gasteiger partial charge in [0.1, 0.15) is 0 Å². The van der Waals surface area contributed by atoms with Gasteiger partial charge in [0.25, 0.3) is 0 Å². The number of rotatable bonds is 6. The topological polar surface area (TPSA) is 46.2 Å². The monoisotopic (exact) mass is 225 g/mol. The van der Waals surface area contributed by atoms with Crippen molar-refractivity contribution < 1.29 is 5.11 Å². The molecule has 0 saturated heterocycles. The smallest absolute Gasteiger partial charge is 0.0702 e. The number of thioether (sulfide) groups is 1. The fourth-order valence-electron chi connectivity index (χ4n) is 1.47. The molecule has 3 N–H and O–H groups in total. The van der Waals surface area contributed by atoms with E-state index in [-0.39, 0.29) is 6.04 Å². The zero-order valence-corrected chi connectivity index (χ0v) is 9.91. The zero-order chi connectivity index (χ0) is 11.1. The molecule has 3 heteroatoms. The summed E-state index contributed by atoms with van der Waals surface area (Å²) in [5.74, 6) is 0.962. The highest BCUT2D eigenvalue weighted by Crippen LogP contribution is 2.08. The van der Waals surface area contributed by atoms with E-state index in [0.717, 1.165) is 18.6 Å². The van der Waals surface area contributed by atoms with E-state index in [0.29, 0.717) is 0 Å². The maximum atomic E-state index is 9.77. The molecule has 2 atom stereocenters. The van der Waals surface area contributed by atoms with Crippen molar-refractivity contribution in [1.82, 2.24) is 0 Å². The van der Waals surface area contributed by atoms with Gasteiger partial charge in [0, 0.05) is 6.04 Å². The van der Waals surface area contributed by atoms with Crippen LogP contribution in [0, 0.1) is 0 Å². The van der Waals surface area contributed by atoms with E-state index in [1.54, 1.807) is 11.8 Å². The number of benzene rings is 1. The lowest BCUT2D eigenvalue weighted by molar-refractivity contribution is 0.141. The second-order valence-corrected chi connectivity index (χ2v) is 4.69. The molecule has 0 saturated carbocycles. The Bertz CT molecular complexity index is 266. The van der Waals surface area contributed by atoms with Crippen LogP contribution in [0.5, 0.6) is 0 Å². The largest absolute Gasteiger partial charge is 0.391 e. The molecular weight excluding hydrogens is 206 g/mol. The molecule has 0 aliphatic heterocycles. The van der Waals surface area contributed by atoms with Crippen LogP contribution in [-0.4, -0.2) is 29.3 Å². The summed E-state index contributed by atoms with van der Waals surface area (Å²) in [7, 11) is 0. The lowest BCUT2D eigenvalue weighted by atomic mass is 10.0. The molecule has 1 rings (SSSR count). The third-order valence-corrected chi connectivity index (χ3v) is 3.07. The van der Waals surface area contributed by atoms with Crippen molar-refractivity contribution in [3.8, 4) is 0 Å². The van der Waals surface area contributed by atoms with Crippen LogP contribution in [0.1, 0.15) is 12.0 Å².